The van der Waals surface area contributed by atoms with E-state index in [2.05, 4.69) is 0 Å². The lowest BCUT2D eigenvalue weighted by Gasteiger charge is -2.21. The fourth-order valence-electron chi connectivity index (χ4n) is 1.50. The van der Waals surface area contributed by atoms with Crippen LogP contribution in [0.1, 0.15) is 11.1 Å². The molecule has 1 aromatic rings. The Morgan fingerprint density at radius 3 is 2.05 bits per heavy atom. The van der Waals surface area contributed by atoms with Gasteiger partial charge in [-0.05, 0) is 24.1 Å². The summed E-state index contributed by atoms with van der Waals surface area (Å²) in [5.74, 6) is -1.33. The molecule has 0 aliphatic heterocycles. The van der Waals surface area contributed by atoms with Crippen LogP contribution >= 0.6 is 0 Å². The summed E-state index contributed by atoms with van der Waals surface area (Å²) in [4.78, 5) is 0. The fourth-order valence-corrected chi connectivity index (χ4v) is 1.50. The summed E-state index contributed by atoms with van der Waals surface area (Å²) in [5.41, 5.74) is 3.37. The number of hydrogen-bond acceptors (Lipinski definition) is 2. The summed E-state index contributed by atoms with van der Waals surface area (Å²) in [6.45, 7) is 0. The van der Waals surface area contributed by atoms with Crippen LogP contribution in [0.4, 0.5) is 30.7 Å². The van der Waals surface area contributed by atoms with Crippen LogP contribution in [-0.4, -0.2) is 23.4 Å². The van der Waals surface area contributed by atoms with Crippen molar-refractivity contribution < 1.29 is 35.8 Å². The molecule has 0 saturated carbocycles. The minimum absolute atomic E-state index is 0.169. The highest BCUT2D eigenvalue weighted by atomic mass is 19.4. The normalized spacial score (nSPS) is 16.1. The molecular formula is C11H10F7NO. The number of nitrogens with two attached hydrogens (primary N) is 1. The quantitative estimate of drug-likeness (QED) is 0.843. The van der Waals surface area contributed by atoms with E-state index >= 15 is 0 Å². The molecular weight excluding hydrogens is 295 g/mol. The van der Waals surface area contributed by atoms with Crippen molar-refractivity contribution in [2.75, 3.05) is 0 Å². The van der Waals surface area contributed by atoms with E-state index in [-0.39, 0.29) is 6.07 Å². The Balaban J connectivity index is 2.90. The largest absolute Gasteiger partial charge is 0.416 e. The standard InChI is InChI=1S/C11H10F7NO/c12-7-4-6(10(13,14)15)2-1-5(7)3-8(19)9(20)11(16,17)18/h1-2,4,8-9,20H,3,19H2. The average molecular weight is 305 g/mol. The summed E-state index contributed by atoms with van der Waals surface area (Å²) >= 11 is 0. The number of alkyl halides is 6. The van der Waals surface area contributed by atoms with Gasteiger partial charge in [0.1, 0.15) is 5.82 Å². The first kappa shape index (κ1) is 16.7. The van der Waals surface area contributed by atoms with Gasteiger partial charge in [0.25, 0.3) is 0 Å². The van der Waals surface area contributed by atoms with Crippen molar-refractivity contribution in [3.8, 4) is 0 Å². The minimum atomic E-state index is -4.98. The van der Waals surface area contributed by atoms with Crippen molar-refractivity contribution in [3.63, 3.8) is 0 Å². The lowest BCUT2D eigenvalue weighted by atomic mass is 10.00. The molecule has 0 saturated heterocycles. The third-order valence-electron chi connectivity index (χ3n) is 2.58. The highest BCUT2D eigenvalue weighted by Gasteiger charge is 2.42. The molecule has 0 aliphatic carbocycles. The SMILES string of the molecule is NC(Cc1ccc(C(F)(F)F)cc1F)C(O)C(F)(F)F. The zero-order chi connectivity index (χ0) is 15.7. The molecule has 1 aromatic carbocycles. The summed E-state index contributed by atoms with van der Waals surface area (Å²) in [7, 11) is 0. The molecule has 2 nitrogen and oxygen atoms in total. The topological polar surface area (TPSA) is 46.2 Å². The van der Waals surface area contributed by atoms with Crippen molar-refractivity contribution in [2.24, 2.45) is 5.73 Å². The summed E-state index contributed by atoms with van der Waals surface area (Å²) in [5, 5.41) is 8.84. The van der Waals surface area contributed by atoms with E-state index in [9.17, 15) is 30.7 Å². The number of benzene rings is 1. The van der Waals surface area contributed by atoms with Gasteiger partial charge in [0.05, 0.1) is 5.56 Å². The van der Waals surface area contributed by atoms with Crippen molar-refractivity contribution in [1.82, 2.24) is 0 Å². The molecule has 114 valence electrons. The first-order valence-electron chi connectivity index (χ1n) is 5.29. The minimum Gasteiger partial charge on any atom is -0.382 e. The Labute approximate surface area is 109 Å². The van der Waals surface area contributed by atoms with Crippen LogP contribution < -0.4 is 5.73 Å². The Bertz CT molecular complexity index is 469. The maximum atomic E-state index is 13.4. The van der Waals surface area contributed by atoms with Gasteiger partial charge in [0, 0.05) is 6.04 Å². The first-order chi connectivity index (χ1) is 8.93. The number of aliphatic hydroxyl groups is 1. The fraction of sp³-hybridized carbons (Fsp3) is 0.455. The van der Waals surface area contributed by atoms with Crippen LogP contribution in [0.15, 0.2) is 18.2 Å². The molecule has 0 fully saturated rings. The van der Waals surface area contributed by atoms with Gasteiger partial charge in [-0.3, -0.25) is 0 Å². The van der Waals surface area contributed by atoms with Crippen LogP contribution in [-0.2, 0) is 12.6 Å². The molecule has 2 atom stereocenters. The van der Waals surface area contributed by atoms with Gasteiger partial charge in [-0.15, -0.1) is 0 Å². The van der Waals surface area contributed by atoms with E-state index in [1.165, 1.54) is 0 Å². The molecule has 0 radical (unpaired) electrons. The third kappa shape index (κ3) is 4.07. The predicted octanol–water partition coefficient (Wildman–Crippen LogP) is 2.64. The lowest BCUT2D eigenvalue weighted by Crippen LogP contribution is -2.46. The molecule has 2 unspecified atom stereocenters. The van der Waals surface area contributed by atoms with E-state index in [1.54, 1.807) is 0 Å². The van der Waals surface area contributed by atoms with Crippen molar-refractivity contribution in [2.45, 2.75) is 30.9 Å². The van der Waals surface area contributed by atoms with Crippen molar-refractivity contribution in [3.05, 3.63) is 35.1 Å². The molecule has 0 bridgehead atoms. The maximum Gasteiger partial charge on any atom is 0.416 e. The summed E-state index contributed by atoms with van der Waals surface area (Å²) < 4.78 is 86.6. The van der Waals surface area contributed by atoms with Gasteiger partial charge in [-0.1, -0.05) is 6.07 Å². The van der Waals surface area contributed by atoms with Crippen LogP contribution in [0.25, 0.3) is 0 Å². The van der Waals surface area contributed by atoms with E-state index in [0.717, 1.165) is 0 Å². The molecule has 1 rings (SSSR count). The van der Waals surface area contributed by atoms with E-state index < -0.39 is 47.9 Å². The Kier molecular flexibility index (Phi) is 4.65. The number of rotatable bonds is 3. The van der Waals surface area contributed by atoms with Crippen LogP contribution in [0.3, 0.4) is 0 Å². The van der Waals surface area contributed by atoms with Crippen LogP contribution in [0, 0.1) is 5.82 Å². The second-order valence-electron chi connectivity index (χ2n) is 4.16. The molecule has 3 N–H and O–H groups in total. The van der Waals surface area contributed by atoms with Crippen LogP contribution in [0.5, 0.6) is 0 Å². The zero-order valence-electron chi connectivity index (χ0n) is 9.76. The van der Waals surface area contributed by atoms with E-state index in [0.29, 0.717) is 12.1 Å². The highest BCUT2D eigenvalue weighted by Crippen LogP contribution is 2.31. The van der Waals surface area contributed by atoms with E-state index in [4.69, 9.17) is 10.8 Å². The second kappa shape index (κ2) is 5.57. The number of halogens is 7. The summed E-state index contributed by atoms with van der Waals surface area (Å²) in [6, 6.07) is -0.477. The third-order valence-corrected chi connectivity index (χ3v) is 2.58. The predicted molar refractivity (Wildman–Crippen MR) is 55.1 cm³/mol. The molecule has 0 aromatic heterocycles. The second-order valence-corrected chi connectivity index (χ2v) is 4.16. The average Bonchev–Trinajstić information content (AvgIpc) is 2.28. The maximum absolute atomic E-state index is 13.4. The molecule has 0 spiro atoms. The number of hydrogen-bond donors (Lipinski definition) is 2. The Morgan fingerprint density at radius 2 is 1.65 bits per heavy atom. The van der Waals surface area contributed by atoms with Gasteiger partial charge in [-0.25, -0.2) is 4.39 Å². The van der Waals surface area contributed by atoms with Gasteiger partial charge in [-0.2, -0.15) is 26.3 Å². The van der Waals surface area contributed by atoms with Gasteiger partial charge in [0.2, 0.25) is 0 Å². The van der Waals surface area contributed by atoms with Gasteiger partial charge in [0.15, 0.2) is 6.10 Å². The molecule has 0 aliphatic rings. The molecule has 0 amide bonds. The monoisotopic (exact) mass is 305 g/mol. The lowest BCUT2D eigenvalue weighted by molar-refractivity contribution is -0.209. The zero-order valence-corrected chi connectivity index (χ0v) is 9.76. The van der Waals surface area contributed by atoms with Crippen molar-refractivity contribution in [1.29, 1.82) is 0 Å². The van der Waals surface area contributed by atoms with Crippen LogP contribution in [0.2, 0.25) is 0 Å². The first-order valence-corrected chi connectivity index (χ1v) is 5.29. The highest BCUT2D eigenvalue weighted by molar-refractivity contribution is 5.27. The smallest absolute Gasteiger partial charge is 0.382 e. The summed E-state index contributed by atoms with van der Waals surface area (Å²) in [6.07, 6.45) is -13.4. The molecule has 20 heavy (non-hydrogen) atoms. The number of aliphatic hydroxyl groups excluding tert-OH is 1. The van der Waals surface area contributed by atoms with Crippen molar-refractivity contribution >= 4 is 0 Å². The molecule has 9 heteroatoms. The Morgan fingerprint density at radius 1 is 1.10 bits per heavy atom. The Hall–Kier alpha value is -1.35. The van der Waals surface area contributed by atoms with Gasteiger partial charge < -0.3 is 10.8 Å². The molecule has 0 heterocycles. The van der Waals surface area contributed by atoms with E-state index in [1.807, 2.05) is 0 Å². The van der Waals surface area contributed by atoms with Gasteiger partial charge >= 0.3 is 12.4 Å².